The Morgan fingerprint density at radius 1 is 1.03 bits per heavy atom. The molecule has 0 bridgehead atoms. The van der Waals surface area contributed by atoms with Gasteiger partial charge in [0, 0.05) is 13.3 Å². The van der Waals surface area contributed by atoms with Crippen LogP contribution in [0.2, 0.25) is 0 Å². The van der Waals surface area contributed by atoms with Crippen LogP contribution in [0.25, 0.3) is 0 Å². The molecule has 1 unspecified atom stereocenters. The molecule has 1 N–H and O–H groups in total. The normalized spacial score (nSPS) is 11.6. The number of hydrogen-bond donors (Lipinski definition) is 1. The monoisotopic (exact) mass is 450 g/mol. The molecule has 1 amide bonds. The smallest absolute Gasteiger partial charge is 0.263 e. The van der Waals surface area contributed by atoms with Gasteiger partial charge in [-0.15, -0.1) is 0 Å². The molecular weight excluding hydrogens is 420 g/mol. The van der Waals surface area contributed by atoms with Crippen molar-refractivity contribution in [2.75, 3.05) is 27.4 Å². The van der Waals surface area contributed by atoms with Crippen LogP contribution in [-0.2, 0) is 11.3 Å². The number of nitrogens with zero attached hydrogens (tertiary/aromatic N) is 1. The van der Waals surface area contributed by atoms with Crippen molar-refractivity contribution in [2.45, 2.75) is 26.4 Å². The molecule has 1 atom stereocenters. The molecule has 2 aromatic carbocycles. The van der Waals surface area contributed by atoms with Crippen molar-refractivity contribution in [2.24, 2.45) is 0 Å². The lowest BCUT2D eigenvalue weighted by Crippen LogP contribution is -2.34. The highest BCUT2D eigenvalue weighted by Crippen LogP contribution is 2.30. The lowest BCUT2D eigenvalue weighted by molar-refractivity contribution is 0.0937. The van der Waals surface area contributed by atoms with Gasteiger partial charge in [0.1, 0.15) is 12.2 Å². The Morgan fingerprint density at radius 2 is 1.85 bits per heavy atom. The van der Waals surface area contributed by atoms with Crippen LogP contribution in [0, 0.1) is 6.92 Å². The molecule has 7 nitrogen and oxygen atoms in total. The number of benzene rings is 2. The number of methoxy groups -OCH3 is 2. The fourth-order valence-corrected chi connectivity index (χ4v) is 3.51. The predicted molar refractivity (Wildman–Crippen MR) is 127 cm³/mol. The number of nitrogens with one attached hydrogen (secondary N) is 1. The number of hydrogen-bond acceptors (Lipinski definition) is 5. The highest BCUT2D eigenvalue weighted by molar-refractivity contribution is 5.94. The maximum absolute atomic E-state index is 12.9. The second kappa shape index (κ2) is 11.3. The highest BCUT2D eigenvalue weighted by Gasteiger charge is 2.17. The summed E-state index contributed by atoms with van der Waals surface area (Å²) in [6, 6.07) is 16.3. The third-order valence-electron chi connectivity index (χ3n) is 5.28. The summed E-state index contributed by atoms with van der Waals surface area (Å²) in [6.45, 7) is 5.13. The van der Waals surface area contributed by atoms with E-state index in [-0.39, 0.29) is 17.2 Å². The molecule has 0 aliphatic heterocycles. The fraction of sp³-hybridized carbons (Fsp3) is 0.308. The zero-order chi connectivity index (χ0) is 23.8. The van der Waals surface area contributed by atoms with Crippen LogP contribution < -0.4 is 20.3 Å². The number of aromatic nitrogens is 1. The molecule has 7 heteroatoms. The summed E-state index contributed by atoms with van der Waals surface area (Å²) < 4.78 is 17.6. The van der Waals surface area contributed by atoms with E-state index < -0.39 is 5.91 Å². The molecule has 1 aromatic heterocycles. The summed E-state index contributed by atoms with van der Waals surface area (Å²) in [5.41, 5.74) is 2.72. The third-order valence-corrected chi connectivity index (χ3v) is 5.28. The Balaban J connectivity index is 1.74. The molecule has 3 rings (SSSR count). The minimum absolute atomic E-state index is 0.100. The average molecular weight is 451 g/mol. The van der Waals surface area contributed by atoms with Crippen LogP contribution in [0.4, 0.5) is 0 Å². The molecule has 0 radical (unpaired) electrons. The first-order valence-electron chi connectivity index (χ1n) is 10.8. The van der Waals surface area contributed by atoms with E-state index in [1.165, 1.54) is 0 Å². The van der Waals surface area contributed by atoms with Crippen LogP contribution in [0.5, 0.6) is 11.5 Å². The van der Waals surface area contributed by atoms with E-state index in [1.807, 2.05) is 50.2 Å². The molecule has 3 aromatic rings. The number of carbonyl (C=O) groups excluding carboxylic acids is 1. The van der Waals surface area contributed by atoms with Crippen LogP contribution in [-0.4, -0.2) is 37.9 Å². The first kappa shape index (κ1) is 24.1. The molecule has 0 aliphatic rings. The van der Waals surface area contributed by atoms with Crippen molar-refractivity contribution in [3.05, 3.63) is 93.4 Å². The van der Waals surface area contributed by atoms with Gasteiger partial charge in [0.25, 0.3) is 11.5 Å². The van der Waals surface area contributed by atoms with Crippen molar-refractivity contribution in [3.8, 4) is 11.5 Å². The number of pyridine rings is 1. The molecule has 0 spiro atoms. The van der Waals surface area contributed by atoms with E-state index in [1.54, 1.807) is 43.2 Å². The van der Waals surface area contributed by atoms with Gasteiger partial charge in [-0.1, -0.05) is 35.9 Å². The van der Waals surface area contributed by atoms with Crippen molar-refractivity contribution in [3.63, 3.8) is 0 Å². The van der Waals surface area contributed by atoms with Crippen LogP contribution >= 0.6 is 0 Å². The summed E-state index contributed by atoms with van der Waals surface area (Å²) in [4.78, 5) is 25.9. The number of carbonyl (C=O) groups is 1. The molecule has 0 fully saturated rings. The summed E-state index contributed by atoms with van der Waals surface area (Å²) in [7, 11) is 3.17. The first-order valence-corrected chi connectivity index (χ1v) is 10.8. The van der Waals surface area contributed by atoms with Gasteiger partial charge in [-0.05, 0) is 49.2 Å². The standard InChI is InChI=1S/C26H30N2O5/c1-18-7-5-8-20(15-18)17-28-12-6-9-22(26(28)30)25(29)27-19(2)21-10-11-23(24(16-21)32-4)33-14-13-31-3/h5-12,15-16,19H,13-14,17H2,1-4H3,(H,27,29). The third kappa shape index (κ3) is 6.23. The van der Waals surface area contributed by atoms with Crippen LogP contribution in [0.3, 0.4) is 0 Å². The number of amides is 1. The van der Waals surface area contributed by atoms with Crippen molar-refractivity contribution < 1.29 is 19.0 Å². The summed E-state index contributed by atoms with van der Waals surface area (Å²) in [5.74, 6) is 0.731. The van der Waals surface area contributed by atoms with Crippen LogP contribution in [0.1, 0.15) is 40.0 Å². The average Bonchev–Trinajstić information content (AvgIpc) is 2.80. The largest absolute Gasteiger partial charge is 0.493 e. The zero-order valence-electron chi connectivity index (χ0n) is 19.5. The SMILES string of the molecule is COCCOc1ccc(C(C)NC(=O)c2cccn(Cc3cccc(C)c3)c2=O)cc1OC. The lowest BCUT2D eigenvalue weighted by Gasteiger charge is -2.17. The maximum Gasteiger partial charge on any atom is 0.263 e. The lowest BCUT2D eigenvalue weighted by atomic mass is 10.1. The van der Waals surface area contributed by atoms with E-state index in [0.29, 0.717) is 31.3 Å². The van der Waals surface area contributed by atoms with Gasteiger partial charge in [0.05, 0.1) is 26.3 Å². The summed E-state index contributed by atoms with van der Waals surface area (Å²) >= 11 is 0. The zero-order valence-corrected chi connectivity index (χ0v) is 19.5. The molecule has 1 heterocycles. The molecule has 174 valence electrons. The Kier molecular flexibility index (Phi) is 8.27. The quantitative estimate of drug-likeness (QED) is 0.476. The van der Waals surface area contributed by atoms with E-state index in [0.717, 1.165) is 16.7 Å². The van der Waals surface area contributed by atoms with Crippen LogP contribution in [0.15, 0.2) is 65.6 Å². The fourth-order valence-electron chi connectivity index (χ4n) is 3.51. The van der Waals surface area contributed by atoms with E-state index in [2.05, 4.69) is 5.32 Å². The minimum Gasteiger partial charge on any atom is -0.493 e. The molecule has 0 saturated heterocycles. The maximum atomic E-state index is 12.9. The van der Waals surface area contributed by atoms with E-state index in [4.69, 9.17) is 14.2 Å². The second-order valence-electron chi connectivity index (χ2n) is 7.79. The van der Waals surface area contributed by atoms with Crippen molar-refractivity contribution >= 4 is 5.91 Å². The molecular formula is C26H30N2O5. The Morgan fingerprint density at radius 3 is 2.58 bits per heavy atom. The number of ether oxygens (including phenoxy) is 3. The summed E-state index contributed by atoms with van der Waals surface area (Å²) in [5, 5.41) is 2.91. The Bertz CT molecular complexity index is 1160. The highest BCUT2D eigenvalue weighted by atomic mass is 16.5. The van der Waals surface area contributed by atoms with Crippen molar-refractivity contribution in [1.29, 1.82) is 0 Å². The molecule has 0 aliphatic carbocycles. The molecule has 33 heavy (non-hydrogen) atoms. The van der Waals surface area contributed by atoms with Gasteiger partial charge in [0.15, 0.2) is 11.5 Å². The van der Waals surface area contributed by atoms with Gasteiger partial charge >= 0.3 is 0 Å². The van der Waals surface area contributed by atoms with Gasteiger partial charge in [0.2, 0.25) is 0 Å². The topological polar surface area (TPSA) is 78.8 Å². The number of rotatable bonds is 10. The van der Waals surface area contributed by atoms with Gasteiger partial charge < -0.3 is 24.1 Å². The van der Waals surface area contributed by atoms with E-state index >= 15 is 0 Å². The molecule has 0 saturated carbocycles. The Labute approximate surface area is 193 Å². The summed E-state index contributed by atoms with van der Waals surface area (Å²) in [6.07, 6.45) is 1.69. The first-order chi connectivity index (χ1) is 15.9. The van der Waals surface area contributed by atoms with E-state index in [9.17, 15) is 9.59 Å². The second-order valence-corrected chi connectivity index (χ2v) is 7.79. The number of aryl methyl sites for hydroxylation is 1. The minimum atomic E-state index is -0.425. The predicted octanol–water partition coefficient (Wildman–Crippen LogP) is 3.73. The van der Waals surface area contributed by atoms with Crippen molar-refractivity contribution in [1.82, 2.24) is 9.88 Å². The van der Waals surface area contributed by atoms with Gasteiger partial charge in [-0.2, -0.15) is 0 Å². The van der Waals surface area contributed by atoms with Gasteiger partial charge in [-0.3, -0.25) is 9.59 Å². The van der Waals surface area contributed by atoms with Gasteiger partial charge in [-0.25, -0.2) is 0 Å². The Hall–Kier alpha value is -3.58.